The molecule has 0 amide bonds. The van der Waals surface area contributed by atoms with E-state index in [9.17, 15) is 13.5 Å². The Kier molecular flexibility index (Phi) is 2.75. The van der Waals surface area contributed by atoms with Crippen molar-refractivity contribution in [2.24, 2.45) is 11.1 Å². The Morgan fingerprint density at radius 1 is 1.50 bits per heavy atom. The molecule has 0 aliphatic heterocycles. The van der Waals surface area contributed by atoms with E-state index >= 15 is 0 Å². The van der Waals surface area contributed by atoms with Gasteiger partial charge in [-0.1, -0.05) is 6.42 Å². The molecule has 4 nitrogen and oxygen atoms in total. The first-order valence-corrected chi connectivity index (χ1v) is 5.56. The van der Waals surface area contributed by atoms with Gasteiger partial charge in [-0.05, 0) is 19.8 Å². The Labute approximate surface area is 72.8 Å². The minimum Gasteiger partial charge on any atom is -0.393 e. The van der Waals surface area contributed by atoms with Gasteiger partial charge in [-0.15, -0.1) is 0 Å². The first-order chi connectivity index (χ1) is 5.43. The monoisotopic (exact) mass is 192 g/mol. The number of hydrogen-bond donors (Lipinski definition) is 2. The Hall–Kier alpha value is -0.130. The molecule has 1 rings (SSSR count). The van der Waals surface area contributed by atoms with Crippen molar-refractivity contribution >= 4 is 10.0 Å². The number of hydrogen-bond acceptors (Lipinski definition) is 3. The molecule has 1 aliphatic rings. The predicted molar refractivity (Wildman–Crippen MR) is 45.6 cm³/mol. The molecule has 1 unspecified atom stereocenters. The van der Waals surface area contributed by atoms with Crippen LogP contribution < -0.4 is 5.14 Å². The van der Waals surface area contributed by atoms with Crippen LogP contribution in [-0.4, -0.2) is 24.9 Å². The van der Waals surface area contributed by atoms with E-state index in [0.29, 0.717) is 12.8 Å². The average Bonchev–Trinajstić information content (AvgIpc) is 2.31. The summed E-state index contributed by atoms with van der Waals surface area (Å²) < 4.78 is 21.7. The van der Waals surface area contributed by atoms with Crippen molar-refractivity contribution in [1.29, 1.82) is 0 Å². The van der Waals surface area contributed by atoms with E-state index < -0.39 is 21.4 Å². The van der Waals surface area contributed by atoms with Gasteiger partial charge in [-0.25, -0.2) is 13.6 Å². The van der Waals surface area contributed by atoms with Crippen LogP contribution in [0.5, 0.6) is 0 Å². The third-order valence-corrected chi connectivity index (χ3v) is 3.62. The van der Waals surface area contributed by atoms with E-state index in [1.807, 2.05) is 0 Å². The molecule has 1 aliphatic carbocycles. The van der Waals surface area contributed by atoms with Crippen LogP contribution in [-0.2, 0) is 10.0 Å². The maximum absolute atomic E-state index is 10.9. The van der Waals surface area contributed by atoms with Gasteiger partial charge in [0.1, 0.15) is 0 Å². The maximum atomic E-state index is 10.9. The van der Waals surface area contributed by atoms with Crippen LogP contribution in [0.15, 0.2) is 0 Å². The van der Waals surface area contributed by atoms with E-state index in [1.54, 1.807) is 0 Å². The number of rotatable bonds is 2. The fraction of sp³-hybridized carbons (Fsp3) is 0.857. The van der Waals surface area contributed by atoms with Crippen LogP contribution in [0.4, 0.5) is 0 Å². The first kappa shape index (κ1) is 9.95. The molecule has 0 aromatic heterocycles. The van der Waals surface area contributed by atoms with Crippen LogP contribution >= 0.6 is 0 Å². The van der Waals surface area contributed by atoms with Gasteiger partial charge in [-0.2, -0.15) is 0 Å². The lowest BCUT2D eigenvalue weighted by Gasteiger charge is -2.19. The molecule has 3 atom stereocenters. The van der Waals surface area contributed by atoms with E-state index in [0.717, 1.165) is 6.42 Å². The Morgan fingerprint density at radius 3 is 2.42 bits per heavy atom. The SMILES string of the molecule is [CH2]C([C@@H]1CCC[C@H]1O)S(N)(=O)=O. The van der Waals surface area contributed by atoms with Crippen LogP contribution in [0.2, 0.25) is 0 Å². The van der Waals surface area contributed by atoms with Crippen molar-refractivity contribution in [1.82, 2.24) is 0 Å². The molecule has 0 saturated heterocycles. The second kappa shape index (κ2) is 3.32. The van der Waals surface area contributed by atoms with Crippen molar-refractivity contribution in [3.63, 3.8) is 0 Å². The number of aliphatic hydroxyl groups excluding tert-OH is 1. The zero-order valence-corrected chi connectivity index (χ0v) is 7.63. The van der Waals surface area contributed by atoms with Gasteiger partial charge in [0.05, 0.1) is 11.4 Å². The third kappa shape index (κ3) is 1.97. The van der Waals surface area contributed by atoms with Crippen molar-refractivity contribution in [3.8, 4) is 0 Å². The summed E-state index contributed by atoms with van der Waals surface area (Å²) in [6.45, 7) is 3.47. The summed E-state index contributed by atoms with van der Waals surface area (Å²) in [5.74, 6) is -0.278. The van der Waals surface area contributed by atoms with Gasteiger partial charge in [0, 0.05) is 5.92 Å². The fourth-order valence-corrected chi connectivity index (χ4v) is 2.45. The van der Waals surface area contributed by atoms with E-state index in [1.165, 1.54) is 0 Å². The standard InChI is InChI=1S/C7H14NO3S/c1-5(12(8,10)11)6-3-2-4-7(6)9/h5-7,9H,1-4H2,(H2,8,10,11)/t5?,6-,7+/m0/s1. The van der Waals surface area contributed by atoms with Crippen LogP contribution in [0.1, 0.15) is 19.3 Å². The van der Waals surface area contributed by atoms with Gasteiger partial charge in [-0.3, -0.25) is 0 Å². The second-order valence-electron chi connectivity index (χ2n) is 3.29. The van der Waals surface area contributed by atoms with Gasteiger partial charge in [0.15, 0.2) is 0 Å². The molecule has 1 saturated carbocycles. The van der Waals surface area contributed by atoms with Gasteiger partial charge >= 0.3 is 0 Å². The van der Waals surface area contributed by atoms with Crippen molar-refractivity contribution < 1.29 is 13.5 Å². The molecule has 1 radical (unpaired) electrons. The summed E-state index contributed by atoms with van der Waals surface area (Å²) in [6, 6.07) is 0. The summed E-state index contributed by atoms with van der Waals surface area (Å²) in [4.78, 5) is 0. The molecular formula is C7H14NO3S. The van der Waals surface area contributed by atoms with Crippen molar-refractivity contribution in [2.75, 3.05) is 0 Å². The topological polar surface area (TPSA) is 80.4 Å². The Morgan fingerprint density at radius 2 is 2.08 bits per heavy atom. The first-order valence-electron chi connectivity index (χ1n) is 3.95. The second-order valence-corrected chi connectivity index (χ2v) is 5.07. The normalized spacial score (nSPS) is 33.6. The highest BCUT2D eigenvalue weighted by molar-refractivity contribution is 7.89. The molecule has 0 aromatic rings. The molecule has 3 N–H and O–H groups in total. The molecule has 0 aromatic carbocycles. The number of primary sulfonamides is 1. The summed E-state index contributed by atoms with van der Waals surface area (Å²) in [7, 11) is -3.59. The predicted octanol–water partition coefficient (Wildman–Crippen LogP) is -0.361. The van der Waals surface area contributed by atoms with Gasteiger partial charge < -0.3 is 5.11 Å². The van der Waals surface area contributed by atoms with Crippen LogP contribution in [0.3, 0.4) is 0 Å². The summed E-state index contributed by atoms with van der Waals surface area (Å²) in [5, 5.41) is 13.4. The van der Waals surface area contributed by atoms with E-state index in [2.05, 4.69) is 6.92 Å². The zero-order chi connectivity index (χ0) is 9.35. The molecule has 5 heteroatoms. The summed E-state index contributed by atoms with van der Waals surface area (Å²) in [5.41, 5.74) is 0. The highest BCUT2D eigenvalue weighted by Gasteiger charge is 2.35. The summed E-state index contributed by atoms with van der Waals surface area (Å²) >= 11 is 0. The molecule has 71 valence electrons. The Bertz CT molecular complexity index is 249. The minimum atomic E-state index is -3.59. The van der Waals surface area contributed by atoms with E-state index in [4.69, 9.17) is 5.14 Å². The van der Waals surface area contributed by atoms with Gasteiger partial charge in [0.2, 0.25) is 10.0 Å². The lowest BCUT2D eigenvalue weighted by molar-refractivity contribution is 0.135. The number of aliphatic hydroxyl groups is 1. The molecule has 0 heterocycles. The Balaban J connectivity index is 2.70. The molecule has 1 fully saturated rings. The number of sulfonamides is 1. The maximum Gasteiger partial charge on any atom is 0.212 e. The molecule has 0 bridgehead atoms. The van der Waals surface area contributed by atoms with Crippen molar-refractivity contribution in [3.05, 3.63) is 6.92 Å². The summed E-state index contributed by atoms with van der Waals surface area (Å²) in [6.07, 6.45) is 1.66. The van der Waals surface area contributed by atoms with Crippen LogP contribution in [0.25, 0.3) is 0 Å². The molecule has 0 spiro atoms. The average molecular weight is 192 g/mol. The third-order valence-electron chi connectivity index (χ3n) is 2.43. The fourth-order valence-electron chi connectivity index (χ4n) is 1.65. The highest BCUT2D eigenvalue weighted by Crippen LogP contribution is 2.30. The largest absolute Gasteiger partial charge is 0.393 e. The molecule has 12 heavy (non-hydrogen) atoms. The van der Waals surface area contributed by atoms with Crippen LogP contribution in [0, 0.1) is 12.8 Å². The highest BCUT2D eigenvalue weighted by atomic mass is 32.2. The van der Waals surface area contributed by atoms with Crippen molar-refractivity contribution in [2.45, 2.75) is 30.6 Å². The lowest BCUT2D eigenvalue weighted by atomic mass is 10.0. The lowest BCUT2D eigenvalue weighted by Crippen LogP contribution is -2.36. The smallest absolute Gasteiger partial charge is 0.212 e. The number of nitrogens with two attached hydrogens (primary N) is 1. The van der Waals surface area contributed by atoms with Gasteiger partial charge in [0.25, 0.3) is 0 Å². The quantitative estimate of drug-likeness (QED) is 0.627. The minimum absolute atomic E-state index is 0.278. The zero-order valence-electron chi connectivity index (χ0n) is 6.81. The molecular weight excluding hydrogens is 178 g/mol. The van der Waals surface area contributed by atoms with E-state index in [-0.39, 0.29) is 5.92 Å².